The Balaban J connectivity index is 2.45. The van der Waals surface area contributed by atoms with Gasteiger partial charge in [0, 0.05) is 6.42 Å². The highest BCUT2D eigenvalue weighted by molar-refractivity contribution is 8.00. The highest BCUT2D eigenvalue weighted by Gasteiger charge is 2.18. The van der Waals surface area contributed by atoms with E-state index < -0.39 is 0 Å². The van der Waals surface area contributed by atoms with E-state index in [1.54, 1.807) is 18.9 Å². The fourth-order valence-corrected chi connectivity index (χ4v) is 2.47. The fraction of sp³-hybridized carbons (Fsp3) is 0.300. The molecular formula is C10H10O2S. The Morgan fingerprint density at radius 3 is 3.08 bits per heavy atom. The van der Waals surface area contributed by atoms with Gasteiger partial charge in [0.1, 0.15) is 11.5 Å². The van der Waals surface area contributed by atoms with Gasteiger partial charge >= 0.3 is 0 Å². The zero-order chi connectivity index (χ0) is 9.26. The molecule has 0 amide bonds. The van der Waals surface area contributed by atoms with Crippen LogP contribution in [0.3, 0.4) is 0 Å². The molecule has 1 aliphatic rings. The topological polar surface area (TPSA) is 26.3 Å². The number of methoxy groups -OCH3 is 1. The molecule has 68 valence electrons. The summed E-state index contributed by atoms with van der Waals surface area (Å²) in [5.41, 5.74) is 1.10. The Hall–Kier alpha value is -0.960. The molecule has 0 radical (unpaired) electrons. The Labute approximate surface area is 81.3 Å². The van der Waals surface area contributed by atoms with E-state index in [-0.39, 0.29) is 0 Å². The van der Waals surface area contributed by atoms with Crippen molar-refractivity contribution in [2.45, 2.75) is 11.3 Å². The maximum atomic E-state index is 11.2. The normalized spacial score (nSPS) is 15.3. The van der Waals surface area contributed by atoms with Crippen LogP contribution in [0.1, 0.15) is 5.56 Å². The lowest BCUT2D eigenvalue weighted by molar-refractivity contribution is -0.116. The molecule has 0 unspecified atom stereocenters. The third-order valence-electron chi connectivity index (χ3n) is 2.05. The minimum absolute atomic E-state index is 0.297. The molecule has 3 heteroatoms. The van der Waals surface area contributed by atoms with Crippen LogP contribution in [0.4, 0.5) is 0 Å². The molecule has 2 rings (SSSR count). The predicted octanol–water partition coefficient (Wildman–Crippen LogP) is 1.91. The van der Waals surface area contributed by atoms with Crippen molar-refractivity contribution in [3.05, 3.63) is 23.8 Å². The average molecular weight is 194 g/mol. The van der Waals surface area contributed by atoms with Gasteiger partial charge in [0.15, 0.2) is 0 Å². The summed E-state index contributed by atoms with van der Waals surface area (Å²) in [5, 5.41) is 0. The number of benzene rings is 1. The Morgan fingerprint density at radius 2 is 2.31 bits per heavy atom. The molecule has 0 aliphatic carbocycles. The smallest absolute Gasteiger partial charge is 0.147 e. The van der Waals surface area contributed by atoms with Crippen LogP contribution in [0.25, 0.3) is 0 Å². The molecule has 1 aromatic carbocycles. The molecule has 1 aliphatic heterocycles. The minimum Gasteiger partial charge on any atom is -0.496 e. The zero-order valence-electron chi connectivity index (χ0n) is 7.37. The van der Waals surface area contributed by atoms with E-state index >= 15 is 0 Å². The molecule has 0 N–H and O–H groups in total. The van der Waals surface area contributed by atoms with E-state index in [1.807, 2.05) is 18.2 Å². The largest absolute Gasteiger partial charge is 0.496 e. The Bertz CT molecular complexity index is 347. The lowest BCUT2D eigenvalue weighted by Gasteiger charge is -2.16. The van der Waals surface area contributed by atoms with E-state index in [0.717, 1.165) is 16.2 Å². The van der Waals surface area contributed by atoms with Crippen LogP contribution in [0, 0.1) is 0 Å². The number of thioether (sulfide) groups is 1. The van der Waals surface area contributed by atoms with Gasteiger partial charge in [-0.1, -0.05) is 12.1 Å². The number of Topliss-reactive ketones (excluding diaryl/α,β-unsaturated/α-hetero) is 1. The molecule has 13 heavy (non-hydrogen) atoms. The lowest BCUT2D eigenvalue weighted by Crippen LogP contribution is -2.12. The first kappa shape index (κ1) is 8.63. The van der Waals surface area contributed by atoms with Gasteiger partial charge < -0.3 is 4.74 Å². The van der Waals surface area contributed by atoms with Gasteiger partial charge in [0.2, 0.25) is 0 Å². The van der Waals surface area contributed by atoms with E-state index in [4.69, 9.17) is 4.74 Å². The third kappa shape index (κ3) is 1.56. The summed E-state index contributed by atoms with van der Waals surface area (Å²) in [6.45, 7) is 0. The molecule has 0 spiro atoms. The first-order valence-electron chi connectivity index (χ1n) is 4.11. The van der Waals surface area contributed by atoms with Gasteiger partial charge in [-0.05, 0) is 11.6 Å². The number of carbonyl (C=O) groups excluding carboxylic acids is 1. The summed E-state index contributed by atoms with van der Waals surface area (Å²) < 4.78 is 5.22. The molecule has 0 bridgehead atoms. The first-order chi connectivity index (χ1) is 6.31. The van der Waals surface area contributed by atoms with Crippen molar-refractivity contribution in [1.29, 1.82) is 0 Å². The summed E-state index contributed by atoms with van der Waals surface area (Å²) >= 11 is 1.57. The van der Waals surface area contributed by atoms with Gasteiger partial charge in [-0.15, -0.1) is 11.8 Å². The number of hydrogen-bond acceptors (Lipinski definition) is 3. The van der Waals surface area contributed by atoms with Crippen LogP contribution in [0.5, 0.6) is 5.75 Å². The molecule has 0 atom stereocenters. The van der Waals surface area contributed by atoms with E-state index in [9.17, 15) is 4.79 Å². The van der Waals surface area contributed by atoms with Crippen LogP contribution in [0.2, 0.25) is 0 Å². The van der Waals surface area contributed by atoms with Crippen molar-refractivity contribution in [2.24, 2.45) is 0 Å². The summed E-state index contributed by atoms with van der Waals surface area (Å²) in [5.74, 6) is 1.76. The summed E-state index contributed by atoms with van der Waals surface area (Å²) in [6.07, 6.45) is 0.555. The number of ketones is 1. The van der Waals surface area contributed by atoms with Crippen LogP contribution in [-0.2, 0) is 11.2 Å². The second-order valence-electron chi connectivity index (χ2n) is 2.95. The van der Waals surface area contributed by atoms with Crippen molar-refractivity contribution in [3.8, 4) is 5.75 Å². The highest BCUT2D eigenvalue weighted by atomic mass is 32.2. The maximum Gasteiger partial charge on any atom is 0.147 e. The molecular weight excluding hydrogens is 184 g/mol. The summed E-state index contributed by atoms with van der Waals surface area (Å²) in [6, 6.07) is 5.85. The van der Waals surface area contributed by atoms with Gasteiger partial charge in [0.25, 0.3) is 0 Å². The van der Waals surface area contributed by atoms with Crippen molar-refractivity contribution >= 4 is 17.5 Å². The zero-order valence-corrected chi connectivity index (χ0v) is 8.19. The predicted molar refractivity (Wildman–Crippen MR) is 52.4 cm³/mol. The van der Waals surface area contributed by atoms with Crippen molar-refractivity contribution in [1.82, 2.24) is 0 Å². The Morgan fingerprint density at radius 1 is 1.46 bits per heavy atom. The number of hydrogen-bond donors (Lipinski definition) is 0. The maximum absolute atomic E-state index is 11.2. The first-order valence-corrected chi connectivity index (χ1v) is 5.10. The molecule has 1 aromatic rings. The van der Waals surface area contributed by atoms with Crippen LogP contribution < -0.4 is 4.74 Å². The number of ether oxygens (including phenoxy) is 1. The van der Waals surface area contributed by atoms with Crippen LogP contribution in [-0.4, -0.2) is 18.6 Å². The molecule has 0 aromatic heterocycles. The quantitative estimate of drug-likeness (QED) is 0.683. The molecule has 1 heterocycles. The summed E-state index contributed by atoms with van der Waals surface area (Å²) in [7, 11) is 1.66. The monoisotopic (exact) mass is 194 g/mol. The second kappa shape index (κ2) is 3.42. The van der Waals surface area contributed by atoms with E-state index in [1.165, 1.54) is 0 Å². The van der Waals surface area contributed by atoms with Gasteiger partial charge in [0.05, 0.1) is 17.8 Å². The van der Waals surface area contributed by atoms with Gasteiger partial charge in [-0.2, -0.15) is 0 Å². The number of rotatable bonds is 1. The van der Waals surface area contributed by atoms with Crippen molar-refractivity contribution < 1.29 is 9.53 Å². The van der Waals surface area contributed by atoms with Crippen molar-refractivity contribution in [2.75, 3.05) is 12.9 Å². The average Bonchev–Trinajstić information content (AvgIpc) is 2.16. The minimum atomic E-state index is 0.297. The SMILES string of the molecule is COc1cccc2c1SCC(=O)C2. The standard InChI is InChI=1S/C10H10O2S/c1-12-9-4-2-3-7-5-8(11)6-13-10(7)9/h2-4H,5-6H2,1H3. The second-order valence-corrected chi connectivity index (χ2v) is 3.94. The number of carbonyl (C=O) groups is 1. The van der Waals surface area contributed by atoms with E-state index in [2.05, 4.69) is 0 Å². The molecule has 0 saturated carbocycles. The Kier molecular flexibility index (Phi) is 2.27. The van der Waals surface area contributed by atoms with Crippen LogP contribution in [0.15, 0.2) is 23.1 Å². The van der Waals surface area contributed by atoms with Crippen molar-refractivity contribution in [3.63, 3.8) is 0 Å². The summed E-state index contributed by atoms with van der Waals surface area (Å²) in [4.78, 5) is 12.3. The fourth-order valence-electron chi connectivity index (χ4n) is 1.44. The molecule has 0 fully saturated rings. The van der Waals surface area contributed by atoms with Gasteiger partial charge in [-0.25, -0.2) is 0 Å². The third-order valence-corrected chi connectivity index (χ3v) is 3.26. The van der Waals surface area contributed by atoms with Crippen LogP contribution >= 0.6 is 11.8 Å². The lowest BCUT2D eigenvalue weighted by atomic mass is 10.1. The molecule has 0 saturated heterocycles. The highest BCUT2D eigenvalue weighted by Crippen LogP contribution is 2.36. The van der Waals surface area contributed by atoms with Gasteiger partial charge in [-0.3, -0.25) is 4.79 Å². The van der Waals surface area contributed by atoms with E-state index in [0.29, 0.717) is 18.0 Å². The number of fused-ring (bicyclic) bond motifs is 1. The molecule has 2 nitrogen and oxygen atoms in total.